The summed E-state index contributed by atoms with van der Waals surface area (Å²) < 4.78 is 14.3. The molecule has 0 spiro atoms. The molecule has 138 valence electrons. The number of aromatic nitrogens is 2. The lowest BCUT2D eigenvalue weighted by atomic mass is 10.1. The second-order valence-corrected chi connectivity index (χ2v) is 6.30. The van der Waals surface area contributed by atoms with Crippen LogP contribution in [0.3, 0.4) is 0 Å². The van der Waals surface area contributed by atoms with Crippen LogP contribution in [0.4, 0.5) is 4.39 Å². The zero-order valence-corrected chi connectivity index (χ0v) is 15.0. The third kappa shape index (κ3) is 5.10. The van der Waals surface area contributed by atoms with E-state index in [0.29, 0.717) is 24.2 Å². The molecule has 1 heterocycles. The molecule has 0 aliphatic heterocycles. The Kier molecular flexibility index (Phi) is 5.76. The Hall–Kier alpha value is -3.28. The number of nitrogens with one attached hydrogen (secondary N) is 1. The summed E-state index contributed by atoms with van der Waals surface area (Å²) in [6.07, 6.45) is 0.291. The molecule has 1 aromatic heterocycles. The maximum atomic E-state index is 13.1. The van der Waals surface area contributed by atoms with Crippen molar-refractivity contribution >= 4 is 5.91 Å². The number of amides is 1. The first-order valence-electron chi connectivity index (χ1n) is 8.67. The van der Waals surface area contributed by atoms with Crippen LogP contribution in [0.25, 0.3) is 11.3 Å². The largest absolute Gasteiger partial charge is 0.354 e. The summed E-state index contributed by atoms with van der Waals surface area (Å²) in [7, 11) is 0. The monoisotopic (exact) mass is 365 g/mol. The molecule has 0 fully saturated rings. The zero-order valence-electron chi connectivity index (χ0n) is 15.0. The number of carbonyl (C=O) groups excluding carboxylic acids is 1. The summed E-state index contributed by atoms with van der Waals surface area (Å²) in [5, 5.41) is 7.10. The molecular formula is C21H20FN3O2. The van der Waals surface area contributed by atoms with Gasteiger partial charge in [0, 0.05) is 18.2 Å². The first kappa shape index (κ1) is 18.5. The number of carbonyl (C=O) groups is 1. The minimum atomic E-state index is -0.330. The second-order valence-electron chi connectivity index (χ2n) is 6.30. The van der Waals surface area contributed by atoms with Crippen LogP contribution < -0.4 is 10.9 Å². The number of aryl methyl sites for hydroxylation is 1. The van der Waals surface area contributed by atoms with Gasteiger partial charge in [0.2, 0.25) is 5.91 Å². The topological polar surface area (TPSA) is 64.0 Å². The number of halogens is 1. The van der Waals surface area contributed by atoms with Crippen molar-refractivity contribution in [2.75, 3.05) is 6.54 Å². The van der Waals surface area contributed by atoms with E-state index in [-0.39, 0.29) is 23.8 Å². The summed E-state index contributed by atoms with van der Waals surface area (Å²) in [6, 6.07) is 16.7. The average Bonchev–Trinajstić information content (AvgIpc) is 2.64. The van der Waals surface area contributed by atoms with Crippen LogP contribution in [0.1, 0.15) is 11.1 Å². The van der Waals surface area contributed by atoms with Gasteiger partial charge in [-0.05, 0) is 42.8 Å². The van der Waals surface area contributed by atoms with Gasteiger partial charge in [0.05, 0.1) is 18.7 Å². The molecule has 0 bridgehead atoms. The highest BCUT2D eigenvalue weighted by molar-refractivity contribution is 5.78. The van der Waals surface area contributed by atoms with Crippen LogP contribution in [-0.4, -0.2) is 22.2 Å². The van der Waals surface area contributed by atoms with Crippen molar-refractivity contribution in [2.24, 2.45) is 0 Å². The molecule has 1 N–H and O–H groups in total. The van der Waals surface area contributed by atoms with Gasteiger partial charge in [-0.15, -0.1) is 0 Å². The fourth-order valence-electron chi connectivity index (χ4n) is 2.75. The van der Waals surface area contributed by atoms with Crippen LogP contribution in [0.15, 0.2) is 65.5 Å². The molecule has 2 aromatic carbocycles. The predicted octanol–water partition coefficient (Wildman–Crippen LogP) is 2.72. The van der Waals surface area contributed by atoms with Crippen LogP contribution in [0, 0.1) is 12.7 Å². The number of nitrogens with zero attached hydrogens (tertiary/aromatic N) is 2. The average molecular weight is 365 g/mol. The van der Waals surface area contributed by atoms with Crippen LogP contribution in [0.2, 0.25) is 0 Å². The first-order valence-corrected chi connectivity index (χ1v) is 8.67. The van der Waals surface area contributed by atoms with Gasteiger partial charge in [0.25, 0.3) is 5.56 Å². The van der Waals surface area contributed by atoms with E-state index in [2.05, 4.69) is 10.4 Å². The molecule has 3 aromatic rings. The smallest absolute Gasteiger partial charge is 0.266 e. The van der Waals surface area contributed by atoms with E-state index in [1.807, 2.05) is 31.2 Å². The van der Waals surface area contributed by atoms with Gasteiger partial charge in [-0.25, -0.2) is 9.07 Å². The molecule has 0 aliphatic rings. The highest BCUT2D eigenvalue weighted by Gasteiger charge is 2.06. The van der Waals surface area contributed by atoms with Gasteiger partial charge >= 0.3 is 0 Å². The lowest BCUT2D eigenvalue weighted by Gasteiger charge is -2.09. The third-order valence-electron chi connectivity index (χ3n) is 4.10. The molecular weight excluding hydrogens is 345 g/mol. The summed E-state index contributed by atoms with van der Waals surface area (Å²) >= 11 is 0. The molecule has 0 saturated carbocycles. The fraction of sp³-hybridized carbons (Fsp3) is 0.190. The van der Waals surface area contributed by atoms with Gasteiger partial charge in [-0.2, -0.15) is 5.10 Å². The van der Waals surface area contributed by atoms with Crippen LogP contribution in [-0.2, 0) is 17.8 Å². The minimum absolute atomic E-state index is 0.108. The van der Waals surface area contributed by atoms with E-state index < -0.39 is 0 Å². The summed E-state index contributed by atoms with van der Waals surface area (Å²) in [5.74, 6) is -0.438. The number of rotatable bonds is 6. The number of hydrogen-bond donors (Lipinski definition) is 1. The standard InChI is InChI=1S/C21H20FN3O2/c1-15-3-2-4-16(13-15)14-20(26)23-11-12-25-21(27)10-9-19(24-25)17-5-7-18(22)8-6-17/h2-10,13H,11-12,14H2,1H3,(H,23,26). The van der Waals surface area contributed by atoms with E-state index in [1.54, 1.807) is 18.2 Å². The Balaban J connectivity index is 1.60. The molecule has 0 radical (unpaired) electrons. The highest BCUT2D eigenvalue weighted by atomic mass is 19.1. The van der Waals surface area contributed by atoms with Crippen LogP contribution in [0.5, 0.6) is 0 Å². The SMILES string of the molecule is Cc1cccc(CC(=O)NCCn2nc(-c3ccc(F)cc3)ccc2=O)c1. The summed E-state index contributed by atoms with van der Waals surface area (Å²) in [6.45, 7) is 2.53. The first-order chi connectivity index (χ1) is 13.0. The Morgan fingerprint density at radius 1 is 1.11 bits per heavy atom. The molecule has 5 nitrogen and oxygen atoms in total. The minimum Gasteiger partial charge on any atom is -0.354 e. The van der Waals surface area contributed by atoms with Crippen molar-refractivity contribution < 1.29 is 9.18 Å². The lowest BCUT2D eigenvalue weighted by Crippen LogP contribution is -2.32. The molecule has 1 amide bonds. The van der Waals surface area contributed by atoms with E-state index in [4.69, 9.17) is 0 Å². The lowest BCUT2D eigenvalue weighted by molar-refractivity contribution is -0.120. The van der Waals surface area contributed by atoms with Crippen molar-refractivity contribution in [2.45, 2.75) is 19.9 Å². The van der Waals surface area contributed by atoms with Gasteiger partial charge in [0.1, 0.15) is 5.82 Å². The number of benzene rings is 2. The zero-order chi connectivity index (χ0) is 19.2. The molecule has 0 unspecified atom stereocenters. The van der Waals surface area contributed by atoms with Crippen molar-refractivity contribution in [1.82, 2.24) is 15.1 Å². The predicted molar refractivity (Wildman–Crippen MR) is 102 cm³/mol. The summed E-state index contributed by atoms with van der Waals surface area (Å²) in [5.41, 5.74) is 3.08. The Morgan fingerprint density at radius 2 is 1.89 bits per heavy atom. The second kappa shape index (κ2) is 8.40. The van der Waals surface area contributed by atoms with Gasteiger partial charge in [-0.3, -0.25) is 9.59 Å². The van der Waals surface area contributed by atoms with E-state index >= 15 is 0 Å². The van der Waals surface area contributed by atoms with Crippen molar-refractivity contribution in [1.29, 1.82) is 0 Å². The van der Waals surface area contributed by atoms with Gasteiger partial charge in [-0.1, -0.05) is 29.8 Å². The van der Waals surface area contributed by atoms with E-state index in [1.165, 1.54) is 22.9 Å². The normalized spacial score (nSPS) is 10.6. The molecule has 0 saturated heterocycles. The van der Waals surface area contributed by atoms with Crippen molar-refractivity contribution in [3.8, 4) is 11.3 Å². The number of hydrogen-bond acceptors (Lipinski definition) is 3. The molecule has 3 rings (SSSR count). The maximum absolute atomic E-state index is 13.1. The quantitative estimate of drug-likeness (QED) is 0.731. The van der Waals surface area contributed by atoms with E-state index in [0.717, 1.165) is 11.1 Å². The Morgan fingerprint density at radius 3 is 2.63 bits per heavy atom. The third-order valence-corrected chi connectivity index (χ3v) is 4.10. The Labute approximate surface area is 156 Å². The van der Waals surface area contributed by atoms with E-state index in [9.17, 15) is 14.0 Å². The molecule has 0 atom stereocenters. The highest BCUT2D eigenvalue weighted by Crippen LogP contribution is 2.15. The van der Waals surface area contributed by atoms with Crippen molar-refractivity contribution in [3.05, 3.63) is 88.0 Å². The fourth-order valence-corrected chi connectivity index (χ4v) is 2.75. The maximum Gasteiger partial charge on any atom is 0.266 e. The Bertz CT molecular complexity index is 997. The summed E-state index contributed by atoms with van der Waals surface area (Å²) in [4.78, 5) is 24.1. The molecule has 0 aliphatic carbocycles. The molecule has 6 heteroatoms. The molecule has 27 heavy (non-hydrogen) atoms. The van der Waals surface area contributed by atoms with Gasteiger partial charge in [0.15, 0.2) is 0 Å². The van der Waals surface area contributed by atoms with Crippen LogP contribution >= 0.6 is 0 Å². The van der Waals surface area contributed by atoms with Gasteiger partial charge < -0.3 is 5.32 Å². The van der Waals surface area contributed by atoms with Crippen molar-refractivity contribution in [3.63, 3.8) is 0 Å².